The lowest BCUT2D eigenvalue weighted by atomic mass is 9.87. The summed E-state index contributed by atoms with van der Waals surface area (Å²) in [5.74, 6) is 0.630. The first-order valence-electron chi connectivity index (χ1n) is 8.66. The lowest BCUT2D eigenvalue weighted by molar-refractivity contribution is 0.0656. The van der Waals surface area contributed by atoms with E-state index < -0.39 is 0 Å². The number of aliphatic hydroxyl groups excluding tert-OH is 1. The molecule has 2 aromatic rings. The highest BCUT2D eigenvalue weighted by Crippen LogP contribution is 2.32. The van der Waals surface area contributed by atoms with Crippen molar-refractivity contribution in [1.29, 1.82) is 0 Å². The van der Waals surface area contributed by atoms with Gasteiger partial charge in [0, 0.05) is 42.4 Å². The smallest absolute Gasteiger partial charge is 0.254 e. The molecular weight excluding hydrogens is 304 g/mol. The first kappa shape index (κ1) is 17.0. The number of aryl methyl sites for hydroxylation is 1. The van der Waals surface area contributed by atoms with Crippen LogP contribution in [-0.2, 0) is 17.6 Å². The van der Waals surface area contributed by atoms with Crippen molar-refractivity contribution in [3.05, 3.63) is 35.0 Å². The third-order valence-corrected chi connectivity index (χ3v) is 4.90. The molecule has 0 radical (unpaired) electrons. The van der Waals surface area contributed by atoms with Gasteiger partial charge in [-0.3, -0.25) is 4.79 Å². The standard InChI is InChI=1S/C19H26N2O3/c1-13-3-5-17-15(11-13)16-12-14(4-6-18(16)20-17)19(23)21(7-9-22)8-10-24-2/h4,6,12-13,20,22H,3,5,7-11H2,1-2H3. The lowest BCUT2D eigenvalue weighted by Gasteiger charge is -2.21. The maximum atomic E-state index is 12.8. The summed E-state index contributed by atoms with van der Waals surface area (Å²) >= 11 is 0. The minimum Gasteiger partial charge on any atom is -0.395 e. The van der Waals surface area contributed by atoms with E-state index in [1.165, 1.54) is 17.7 Å². The molecule has 0 bridgehead atoms. The van der Waals surface area contributed by atoms with E-state index in [9.17, 15) is 9.90 Å². The molecule has 1 amide bonds. The molecule has 0 spiro atoms. The maximum absolute atomic E-state index is 12.8. The number of nitrogens with one attached hydrogen (secondary N) is 1. The second-order valence-electron chi connectivity index (χ2n) is 6.70. The van der Waals surface area contributed by atoms with Crippen molar-refractivity contribution in [2.24, 2.45) is 5.92 Å². The zero-order valence-corrected chi connectivity index (χ0v) is 14.5. The molecule has 1 atom stereocenters. The molecule has 1 aromatic heterocycles. The van der Waals surface area contributed by atoms with Crippen LogP contribution in [0.25, 0.3) is 10.9 Å². The van der Waals surface area contributed by atoms with E-state index in [0.717, 1.165) is 23.7 Å². The van der Waals surface area contributed by atoms with Crippen LogP contribution in [0.3, 0.4) is 0 Å². The summed E-state index contributed by atoms with van der Waals surface area (Å²) in [7, 11) is 1.61. The van der Waals surface area contributed by atoms with Gasteiger partial charge in [-0.05, 0) is 48.9 Å². The van der Waals surface area contributed by atoms with Crippen LogP contribution in [0.5, 0.6) is 0 Å². The topological polar surface area (TPSA) is 65.6 Å². The number of aliphatic hydroxyl groups is 1. The quantitative estimate of drug-likeness (QED) is 0.854. The van der Waals surface area contributed by atoms with Crippen LogP contribution in [-0.4, -0.2) is 54.3 Å². The van der Waals surface area contributed by atoms with Crippen LogP contribution < -0.4 is 0 Å². The Kier molecular flexibility index (Phi) is 5.21. The van der Waals surface area contributed by atoms with Gasteiger partial charge in [-0.1, -0.05) is 6.92 Å². The third-order valence-electron chi connectivity index (χ3n) is 4.90. The minimum absolute atomic E-state index is 0.0469. The molecule has 0 aliphatic heterocycles. The highest BCUT2D eigenvalue weighted by molar-refractivity contribution is 5.99. The number of benzene rings is 1. The fraction of sp³-hybridized carbons (Fsp3) is 0.526. The Balaban J connectivity index is 1.91. The van der Waals surface area contributed by atoms with E-state index in [4.69, 9.17) is 4.74 Å². The number of H-pyrrole nitrogens is 1. The number of aromatic amines is 1. The molecule has 130 valence electrons. The third kappa shape index (κ3) is 3.32. The van der Waals surface area contributed by atoms with Crippen molar-refractivity contribution in [1.82, 2.24) is 9.88 Å². The van der Waals surface area contributed by atoms with Gasteiger partial charge in [0.2, 0.25) is 0 Å². The number of nitrogens with zero attached hydrogens (tertiary/aromatic N) is 1. The number of hydrogen-bond donors (Lipinski definition) is 2. The van der Waals surface area contributed by atoms with E-state index in [2.05, 4.69) is 11.9 Å². The largest absolute Gasteiger partial charge is 0.395 e. The minimum atomic E-state index is -0.0539. The molecule has 2 N–H and O–H groups in total. The Hall–Kier alpha value is -1.85. The predicted molar refractivity (Wildman–Crippen MR) is 94.4 cm³/mol. The molecule has 0 fully saturated rings. The summed E-state index contributed by atoms with van der Waals surface area (Å²) in [5, 5.41) is 10.4. The van der Waals surface area contributed by atoms with Crippen molar-refractivity contribution in [2.75, 3.05) is 33.4 Å². The first-order valence-corrected chi connectivity index (χ1v) is 8.66. The van der Waals surface area contributed by atoms with Gasteiger partial charge in [0.15, 0.2) is 0 Å². The van der Waals surface area contributed by atoms with Gasteiger partial charge in [-0.25, -0.2) is 0 Å². The van der Waals surface area contributed by atoms with E-state index in [-0.39, 0.29) is 12.5 Å². The van der Waals surface area contributed by atoms with E-state index in [0.29, 0.717) is 31.2 Å². The Morgan fingerprint density at radius 2 is 2.25 bits per heavy atom. The van der Waals surface area contributed by atoms with Gasteiger partial charge in [0.1, 0.15) is 0 Å². The van der Waals surface area contributed by atoms with E-state index in [1.54, 1.807) is 12.0 Å². The molecule has 1 aliphatic rings. The number of carbonyl (C=O) groups excluding carboxylic acids is 1. The number of ether oxygens (including phenoxy) is 1. The Labute approximate surface area is 142 Å². The molecule has 1 unspecified atom stereocenters. The number of methoxy groups -OCH3 is 1. The zero-order valence-electron chi connectivity index (χ0n) is 14.5. The maximum Gasteiger partial charge on any atom is 0.254 e. The summed E-state index contributed by atoms with van der Waals surface area (Å²) in [6.07, 6.45) is 3.36. The Morgan fingerprint density at radius 3 is 3.00 bits per heavy atom. The van der Waals surface area contributed by atoms with Gasteiger partial charge in [0.05, 0.1) is 13.2 Å². The summed E-state index contributed by atoms with van der Waals surface area (Å²) in [4.78, 5) is 17.9. The van der Waals surface area contributed by atoms with Crippen molar-refractivity contribution in [3.63, 3.8) is 0 Å². The number of rotatable bonds is 6. The van der Waals surface area contributed by atoms with Crippen LogP contribution in [0.15, 0.2) is 18.2 Å². The Morgan fingerprint density at radius 1 is 1.42 bits per heavy atom. The average molecular weight is 330 g/mol. The molecule has 1 heterocycles. The molecule has 3 rings (SSSR count). The van der Waals surface area contributed by atoms with Crippen LogP contribution in [0, 0.1) is 5.92 Å². The van der Waals surface area contributed by atoms with Gasteiger partial charge in [-0.15, -0.1) is 0 Å². The van der Waals surface area contributed by atoms with Crippen molar-refractivity contribution in [2.45, 2.75) is 26.2 Å². The fourth-order valence-corrected chi connectivity index (χ4v) is 3.54. The molecular formula is C19H26N2O3. The molecule has 0 saturated carbocycles. The van der Waals surface area contributed by atoms with E-state index in [1.807, 2.05) is 18.2 Å². The number of fused-ring (bicyclic) bond motifs is 3. The van der Waals surface area contributed by atoms with Crippen LogP contribution in [0.1, 0.15) is 35.0 Å². The summed E-state index contributed by atoms with van der Waals surface area (Å²) in [6, 6.07) is 5.87. The second-order valence-corrected chi connectivity index (χ2v) is 6.70. The number of hydrogen-bond acceptors (Lipinski definition) is 3. The van der Waals surface area contributed by atoms with Gasteiger partial charge >= 0.3 is 0 Å². The highest BCUT2D eigenvalue weighted by Gasteiger charge is 2.21. The van der Waals surface area contributed by atoms with E-state index >= 15 is 0 Å². The van der Waals surface area contributed by atoms with Crippen LogP contribution in [0.2, 0.25) is 0 Å². The average Bonchev–Trinajstić information content (AvgIpc) is 2.95. The second kappa shape index (κ2) is 7.36. The first-order chi connectivity index (χ1) is 11.6. The molecule has 1 aliphatic carbocycles. The monoisotopic (exact) mass is 330 g/mol. The molecule has 1 aromatic carbocycles. The SMILES string of the molecule is COCCN(CCO)C(=O)c1ccc2[nH]c3c(c2c1)CC(C)CC3. The van der Waals surface area contributed by atoms with Crippen molar-refractivity contribution >= 4 is 16.8 Å². The molecule has 5 heteroatoms. The van der Waals surface area contributed by atoms with Crippen LogP contribution >= 0.6 is 0 Å². The van der Waals surface area contributed by atoms with Crippen molar-refractivity contribution < 1.29 is 14.6 Å². The van der Waals surface area contributed by atoms with Crippen molar-refractivity contribution in [3.8, 4) is 0 Å². The number of aromatic nitrogens is 1. The lowest BCUT2D eigenvalue weighted by Crippen LogP contribution is -2.36. The molecule has 0 saturated heterocycles. The normalized spacial score (nSPS) is 17.0. The summed E-state index contributed by atoms with van der Waals surface area (Å²) in [6.45, 7) is 3.50. The van der Waals surface area contributed by atoms with Crippen LogP contribution in [0.4, 0.5) is 0 Å². The van der Waals surface area contributed by atoms with Gasteiger partial charge < -0.3 is 19.7 Å². The number of carbonyl (C=O) groups is 1. The Bertz CT molecular complexity index is 723. The van der Waals surface area contributed by atoms with Gasteiger partial charge in [0.25, 0.3) is 5.91 Å². The van der Waals surface area contributed by atoms with Gasteiger partial charge in [-0.2, -0.15) is 0 Å². The highest BCUT2D eigenvalue weighted by atomic mass is 16.5. The number of amides is 1. The summed E-state index contributed by atoms with van der Waals surface area (Å²) in [5.41, 5.74) is 4.46. The molecule has 5 nitrogen and oxygen atoms in total. The molecule has 24 heavy (non-hydrogen) atoms. The predicted octanol–water partition coefficient (Wildman–Crippen LogP) is 2.37. The summed E-state index contributed by atoms with van der Waals surface area (Å²) < 4.78 is 5.07. The fourth-order valence-electron chi connectivity index (χ4n) is 3.54. The zero-order chi connectivity index (χ0) is 17.1.